The lowest BCUT2D eigenvalue weighted by Crippen LogP contribution is -2.40. The van der Waals surface area contributed by atoms with Gasteiger partial charge in [-0.3, -0.25) is 4.79 Å². The molecule has 1 aliphatic rings. The number of halogens is 3. The zero-order valence-electron chi connectivity index (χ0n) is 31.7. The van der Waals surface area contributed by atoms with E-state index in [1.54, 1.807) is 20.3 Å². The first-order valence-corrected chi connectivity index (χ1v) is 17.9. The molecule has 294 valence electrons. The van der Waals surface area contributed by atoms with Crippen LogP contribution in [0.3, 0.4) is 0 Å². The van der Waals surface area contributed by atoms with Crippen molar-refractivity contribution in [3.05, 3.63) is 65.2 Å². The first-order chi connectivity index (χ1) is 26.0. The number of piperidine rings is 1. The molecule has 3 aromatic carbocycles. The predicted octanol–water partition coefficient (Wildman–Crippen LogP) is 6.45. The van der Waals surface area contributed by atoms with Crippen LogP contribution >= 0.6 is 0 Å². The number of methoxy groups -OCH3 is 5. The van der Waals surface area contributed by atoms with Gasteiger partial charge in [0.2, 0.25) is 11.7 Å². The number of benzene rings is 3. The Morgan fingerprint density at radius 2 is 1.59 bits per heavy atom. The standard InChI is InChI=1S/C39H50F3N5O7/c1-25-29(22-34(51-4)36(53-6)35(25)52-5)37(48)43-23-27(26-11-12-32(49-2)33(21-26)50-3)13-16-46-17-14-28(15-18-46)44-38-45-30-9-7-8-10-31(30)47(38)19-20-54-24-39(40,41)42/h7-12,21-22,27-28H,13-20,23-24H2,1-6H3,(H,43,48)(H,44,45). The van der Waals surface area contributed by atoms with Crippen molar-refractivity contribution < 1.29 is 46.4 Å². The lowest BCUT2D eigenvalue weighted by Gasteiger charge is -2.33. The maximum atomic E-state index is 13.7. The van der Waals surface area contributed by atoms with Gasteiger partial charge in [-0.05, 0) is 68.6 Å². The molecular weight excluding hydrogens is 707 g/mol. The molecule has 12 nitrogen and oxygen atoms in total. The number of imidazole rings is 1. The molecule has 1 unspecified atom stereocenters. The SMILES string of the molecule is COc1ccc(C(CCN2CCC(Nc3nc4ccccc4n3CCOCC(F)(F)F)CC2)CNC(=O)c2cc(OC)c(OC)c(OC)c2C)cc1OC. The summed E-state index contributed by atoms with van der Waals surface area (Å²) in [6.07, 6.45) is -1.91. The van der Waals surface area contributed by atoms with E-state index in [1.165, 1.54) is 21.3 Å². The molecule has 2 heterocycles. The van der Waals surface area contributed by atoms with Crippen LogP contribution in [-0.2, 0) is 11.3 Å². The summed E-state index contributed by atoms with van der Waals surface area (Å²) in [7, 11) is 7.75. The molecular formula is C39H50F3N5O7. The summed E-state index contributed by atoms with van der Waals surface area (Å²) >= 11 is 0. The van der Waals surface area contributed by atoms with Crippen LogP contribution in [0.15, 0.2) is 48.5 Å². The van der Waals surface area contributed by atoms with E-state index in [0.717, 1.165) is 55.5 Å². The number of rotatable bonds is 18. The lowest BCUT2D eigenvalue weighted by molar-refractivity contribution is -0.174. The van der Waals surface area contributed by atoms with Gasteiger partial charge in [0.25, 0.3) is 5.91 Å². The number of nitrogens with zero attached hydrogens (tertiary/aromatic N) is 3. The summed E-state index contributed by atoms with van der Waals surface area (Å²) in [5.74, 6) is 2.79. The van der Waals surface area contributed by atoms with Crippen molar-refractivity contribution in [3.63, 3.8) is 0 Å². The van der Waals surface area contributed by atoms with Crippen molar-refractivity contribution in [3.8, 4) is 28.7 Å². The van der Waals surface area contributed by atoms with Gasteiger partial charge in [0, 0.05) is 49.3 Å². The minimum Gasteiger partial charge on any atom is -0.493 e. The average Bonchev–Trinajstić information content (AvgIpc) is 3.52. The molecule has 54 heavy (non-hydrogen) atoms. The van der Waals surface area contributed by atoms with Gasteiger partial charge in [0.05, 0.1) is 53.2 Å². The molecule has 0 radical (unpaired) electrons. The van der Waals surface area contributed by atoms with E-state index < -0.39 is 12.8 Å². The van der Waals surface area contributed by atoms with Crippen molar-refractivity contribution in [2.24, 2.45) is 0 Å². The topological polar surface area (TPSA) is 118 Å². The third-order valence-electron chi connectivity index (χ3n) is 9.80. The maximum absolute atomic E-state index is 13.7. The molecule has 5 rings (SSSR count). The van der Waals surface area contributed by atoms with Crippen LogP contribution in [0, 0.1) is 6.92 Å². The Kier molecular flexibility index (Phi) is 13.8. The van der Waals surface area contributed by atoms with Gasteiger partial charge < -0.3 is 48.5 Å². The van der Waals surface area contributed by atoms with Crippen LogP contribution in [0.2, 0.25) is 0 Å². The number of para-hydroxylation sites is 2. The second-order valence-electron chi connectivity index (χ2n) is 13.1. The second-order valence-corrected chi connectivity index (χ2v) is 13.1. The smallest absolute Gasteiger partial charge is 0.411 e. The molecule has 1 aromatic heterocycles. The van der Waals surface area contributed by atoms with E-state index in [4.69, 9.17) is 33.4 Å². The quantitative estimate of drug-likeness (QED) is 0.110. The molecule has 1 amide bonds. The van der Waals surface area contributed by atoms with Gasteiger partial charge in [-0.1, -0.05) is 18.2 Å². The molecule has 0 aliphatic carbocycles. The Morgan fingerprint density at radius 1 is 0.889 bits per heavy atom. The van der Waals surface area contributed by atoms with Gasteiger partial charge >= 0.3 is 6.18 Å². The van der Waals surface area contributed by atoms with Gasteiger partial charge in [-0.25, -0.2) is 4.98 Å². The Balaban J connectivity index is 1.24. The number of hydrogen-bond acceptors (Lipinski definition) is 10. The van der Waals surface area contributed by atoms with Crippen LogP contribution in [0.1, 0.15) is 46.7 Å². The molecule has 0 bridgehead atoms. The number of hydrogen-bond donors (Lipinski definition) is 2. The number of likely N-dealkylation sites (tertiary alicyclic amines) is 1. The second kappa shape index (κ2) is 18.4. The van der Waals surface area contributed by atoms with Gasteiger partial charge in [-0.15, -0.1) is 0 Å². The maximum Gasteiger partial charge on any atom is 0.411 e. The number of amides is 1. The Hall–Kier alpha value is -4.89. The fourth-order valence-electron chi connectivity index (χ4n) is 6.92. The van der Waals surface area contributed by atoms with Crippen molar-refractivity contribution in [2.75, 3.05) is 80.3 Å². The van der Waals surface area contributed by atoms with E-state index in [0.29, 0.717) is 52.4 Å². The molecule has 1 atom stereocenters. The summed E-state index contributed by atoms with van der Waals surface area (Å²) in [6, 6.07) is 15.2. The van der Waals surface area contributed by atoms with Gasteiger partial charge in [0.1, 0.15) is 6.61 Å². The van der Waals surface area contributed by atoms with Crippen LogP contribution in [-0.4, -0.2) is 108 Å². The van der Waals surface area contributed by atoms with Gasteiger partial charge in [0.15, 0.2) is 23.0 Å². The Bertz CT molecular complexity index is 1860. The fourth-order valence-corrected chi connectivity index (χ4v) is 6.92. The predicted molar refractivity (Wildman–Crippen MR) is 200 cm³/mol. The molecule has 4 aromatic rings. The number of carbonyl (C=O) groups is 1. The third kappa shape index (κ3) is 9.80. The molecule has 15 heteroatoms. The number of nitrogens with one attached hydrogen (secondary N) is 2. The van der Waals surface area contributed by atoms with E-state index >= 15 is 0 Å². The molecule has 2 N–H and O–H groups in total. The fraction of sp³-hybridized carbons (Fsp3) is 0.487. The zero-order chi connectivity index (χ0) is 38.8. The van der Waals surface area contributed by atoms with E-state index in [1.807, 2.05) is 54.0 Å². The highest BCUT2D eigenvalue weighted by Gasteiger charge is 2.28. The van der Waals surface area contributed by atoms with Crippen molar-refractivity contribution in [2.45, 2.75) is 50.9 Å². The first-order valence-electron chi connectivity index (χ1n) is 17.9. The van der Waals surface area contributed by atoms with E-state index in [-0.39, 0.29) is 31.0 Å². The average molecular weight is 758 g/mol. The van der Waals surface area contributed by atoms with Crippen molar-refractivity contribution in [1.29, 1.82) is 0 Å². The number of anilines is 1. The summed E-state index contributed by atoms with van der Waals surface area (Å²) < 4.78 is 72.4. The zero-order valence-corrected chi connectivity index (χ0v) is 31.7. The summed E-state index contributed by atoms with van der Waals surface area (Å²) in [6.45, 7) is 3.51. The van der Waals surface area contributed by atoms with E-state index in [9.17, 15) is 18.0 Å². The van der Waals surface area contributed by atoms with Crippen LogP contribution in [0.4, 0.5) is 19.1 Å². The van der Waals surface area contributed by atoms with Gasteiger partial charge in [-0.2, -0.15) is 13.2 Å². The van der Waals surface area contributed by atoms with Crippen LogP contribution in [0.25, 0.3) is 11.0 Å². The number of carbonyl (C=O) groups excluding carboxylic acids is 1. The summed E-state index contributed by atoms with van der Waals surface area (Å²) in [5.41, 5.74) is 3.66. The molecule has 0 spiro atoms. The first kappa shape index (κ1) is 40.3. The minimum absolute atomic E-state index is 0.0496. The normalized spacial score (nSPS) is 14.5. The molecule has 0 saturated carbocycles. The minimum atomic E-state index is -4.37. The molecule has 1 saturated heterocycles. The summed E-state index contributed by atoms with van der Waals surface area (Å²) in [5, 5.41) is 6.70. The van der Waals surface area contributed by atoms with E-state index in [2.05, 4.69) is 15.5 Å². The molecule has 1 fully saturated rings. The number of alkyl halides is 3. The molecule has 1 aliphatic heterocycles. The summed E-state index contributed by atoms with van der Waals surface area (Å²) in [4.78, 5) is 20.8. The number of fused-ring (bicyclic) bond motifs is 1. The highest BCUT2D eigenvalue weighted by molar-refractivity contribution is 5.97. The third-order valence-corrected chi connectivity index (χ3v) is 9.80. The van der Waals surface area contributed by atoms with Crippen molar-refractivity contribution in [1.82, 2.24) is 19.8 Å². The Morgan fingerprint density at radius 3 is 2.26 bits per heavy atom. The number of ether oxygens (including phenoxy) is 6. The van der Waals surface area contributed by atoms with Crippen LogP contribution in [0.5, 0.6) is 28.7 Å². The monoisotopic (exact) mass is 757 g/mol. The van der Waals surface area contributed by atoms with Crippen molar-refractivity contribution >= 4 is 22.9 Å². The number of aromatic nitrogens is 2. The lowest BCUT2D eigenvalue weighted by atomic mass is 9.94. The Labute approximate surface area is 313 Å². The highest BCUT2D eigenvalue weighted by atomic mass is 19.4. The van der Waals surface area contributed by atoms with Crippen LogP contribution < -0.4 is 34.3 Å². The largest absolute Gasteiger partial charge is 0.493 e. The highest BCUT2D eigenvalue weighted by Crippen LogP contribution is 2.41.